The van der Waals surface area contributed by atoms with Gasteiger partial charge in [-0.3, -0.25) is 9.79 Å². The molecule has 1 aliphatic carbocycles. The second kappa shape index (κ2) is 12.4. The molecule has 3 aliphatic rings. The Kier molecular flexibility index (Phi) is 8.65. The maximum Gasteiger partial charge on any atom is 0.412 e. The molecule has 8 nitrogen and oxygen atoms in total. The van der Waals surface area contributed by atoms with Gasteiger partial charge in [0, 0.05) is 62.8 Å². The van der Waals surface area contributed by atoms with Crippen molar-refractivity contribution in [2.24, 2.45) is 4.99 Å². The lowest BCUT2D eigenvalue weighted by atomic mass is 9.99. The smallest absolute Gasteiger partial charge is 0.380 e. The number of aromatic nitrogens is 2. The second-order valence-corrected chi connectivity index (χ2v) is 11.1. The minimum absolute atomic E-state index is 0.0763. The number of alkyl halides is 3. The molecule has 2 N–H and O–H groups in total. The third-order valence-corrected chi connectivity index (χ3v) is 7.67. The van der Waals surface area contributed by atoms with Gasteiger partial charge in [0.25, 0.3) is 5.91 Å². The van der Waals surface area contributed by atoms with Gasteiger partial charge >= 0.3 is 6.18 Å². The molecule has 2 aromatic rings. The highest BCUT2D eigenvalue weighted by molar-refractivity contribution is 6.04. The molecule has 1 amide bonds. The number of aryl methyl sites for hydroxylation is 1. The van der Waals surface area contributed by atoms with Gasteiger partial charge in [-0.1, -0.05) is 12.2 Å². The number of rotatable bonds is 6. The third kappa shape index (κ3) is 7.00. The van der Waals surface area contributed by atoms with Crippen molar-refractivity contribution < 1.29 is 18.0 Å². The van der Waals surface area contributed by atoms with Crippen LogP contribution in [0.5, 0.6) is 0 Å². The summed E-state index contributed by atoms with van der Waals surface area (Å²) in [6.45, 7) is 3.34. The number of nitrogens with one attached hydrogen (secondary N) is 2. The Morgan fingerprint density at radius 3 is 2.57 bits per heavy atom. The van der Waals surface area contributed by atoms with Gasteiger partial charge in [-0.15, -0.1) is 0 Å². The van der Waals surface area contributed by atoms with E-state index in [1.54, 1.807) is 12.3 Å². The summed E-state index contributed by atoms with van der Waals surface area (Å²) in [7, 11) is 3.98. The monoisotopic (exact) mass is 579 g/mol. The number of amides is 1. The molecule has 222 valence electrons. The van der Waals surface area contributed by atoms with E-state index >= 15 is 0 Å². The van der Waals surface area contributed by atoms with Crippen LogP contribution < -0.4 is 10.6 Å². The van der Waals surface area contributed by atoms with Crippen LogP contribution in [-0.4, -0.2) is 77.5 Å². The molecule has 4 heterocycles. The van der Waals surface area contributed by atoms with E-state index in [1.165, 1.54) is 0 Å². The number of carbonyl (C=O) groups excluding carboxylic acids is 1. The average molecular weight is 580 g/mol. The second-order valence-electron chi connectivity index (χ2n) is 11.1. The molecule has 42 heavy (non-hydrogen) atoms. The number of allylic oxidation sites excluding steroid dienone is 2. The standard InChI is InChI=1S/C31H36F3N7O/c1-20-16-25(38-29(17-20)39-28-18-22(10-13-35-28)31(32,33)34)21-8-9-27(36-19-21)37-23-11-14-41(15-12-23)30(42)24-6-4-5-7-26(24)40(2)3/h4,6,8-9,16-19,23H,5,7,10-15H2,1-3H3,(H,36,37)(H,35,38,39). The summed E-state index contributed by atoms with van der Waals surface area (Å²) in [5.74, 6) is 1.41. The predicted octanol–water partition coefficient (Wildman–Crippen LogP) is 5.72. The number of hydrogen-bond donors (Lipinski definition) is 2. The third-order valence-electron chi connectivity index (χ3n) is 7.67. The number of aliphatic imine (C=N–C) groups is 1. The van der Waals surface area contributed by atoms with Gasteiger partial charge in [-0.05, 0) is 74.9 Å². The van der Waals surface area contributed by atoms with Crippen LogP contribution in [0.2, 0.25) is 0 Å². The Morgan fingerprint density at radius 2 is 1.88 bits per heavy atom. The zero-order chi connectivity index (χ0) is 29.9. The van der Waals surface area contributed by atoms with Crippen LogP contribution >= 0.6 is 0 Å². The van der Waals surface area contributed by atoms with Crippen molar-refractivity contribution in [3.8, 4) is 11.3 Å². The number of halogens is 3. The van der Waals surface area contributed by atoms with E-state index in [0.717, 1.165) is 60.0 Å². The molecule has 2 aliphatic heterocycles. The first-order valence-corrected chi connectivity index (χ1v) is 14.2. The molecule has 0 aromatic carbocycles. The lowest BCUT2D eigenvalue weighted by Crippen LogP contribution is -2.43. The Bertz CT molecular complexity index is 1430. The summed E-state index contributed by atoms with van der Waals surface area (Å²) in [5, 5.41) is 6.42. The number of amidine groups is 1. The molecule has 1 saturated heterocycles. The molecule has 5 rings (SSSR count). The van der Waals surface area contributed by atoms with Crippen LogP contribution in [0.25, 0.3) is 11.3 Å². The highest BCUT2D eigenvalue weighted by Gasteiger charge is 2.34. The maximum atomic E-state index is 13.2. The molecule has 0 bridgehead atoms. The number of dihydropyridines is 1. The average Bonchev–Trinajstić information content (AvgIpc) is 2.97. The molecule has 0 unspecified atom stereocenters. The summed E-state index contributed by atoms with van der Waals surface area (Å²) in [4.78, 5) is 30.6. The van der Waals surface area contributed by atoms with E-state index in [1.807, 2.05) is 55.1 Å². The minimum atomic E-state index is -4.37. The summed E-state index contributed by atoms with van der Waals surface area (Å²) in [6, 6.07) is 7.69. The molecule has 0 radical (unpaired) electrons. The number of pyridine rings is 2. The number of carbonyl (C=O) groups is 1. The number of nitrogens with zero attached hydrogens (tertiary/aromatic N) is 5. The largest absolute Gasteiger partial charge is 0.412 e. The molecular weight excluding hydrogens is 543 g/mol. The van der Waals surface area contributed by atoms with Crippen molar-refractivity contribution in [2.45, 2.75) is 51.2 Å². The molecule has 0 spiro atoms. The van der Waals surface area contributed by atoms with Gasteiger partial charge in [0.2, 0.25) is 0 Å². The topological polar surface area (TPSA) is 85.8 Å². The quantitative estimate of drug-likeness (QED) is 0.455. The minimum Gasteiger partial charge on any atom is -0.380 e. The van der Waals surface area contributed by atoms with Crippen molar-refractivity contribution in [3.05, 3.63) is 71.1 Å². The van der Waals surface area contributed by atoms with E-state index < -0.39 is 11.7 Å². The summed E-state index contributed by atoms with van der Waals surface area (Å²) >= 11 is 0. The fourth-order valence-electron chi connectivity index (χ4n) is 5.44. The number of hydrogen-bond acceptors (Lipinski definition) is 7. The Balaban J connectivity index is 1.19. The molecule has 0 atom stereocenters. The zero-order valence-corrected chi connectivity index (χ0v) is 24.1. The summed E-state index contributed by atoms with van der Waals surface area (Å²) < 4.78 is 39.4. The predicted molar refractivity (Wildman–Crippen MR) is 159 cm³/mol. The van der Waals surface area contributed by atoms with Crippen molar-refractivity contribution >= 4 is 23.4 Å². The van der Waals surface area contributed by atoms with Gasteiger partial charge in [0.1, 0.15) is 17.5 Å². The van der Waals surface area contributed by atoms with Crippen LogP contribution in [0, 0.1) is 6.92 Å². The Morgan fingerprint density at radius 1 is 1.10 bits per heavy atom. The normalized spacial score (nSPS) is 18.0. The Hall–Kier alpha value is -4.15. The van der Waals surface area contributed by atoms with Crippen LogP contribution in [0.3, 0.4) is 0 Å². The Labute approximate surface area is 244 Å². The van der Waals surface area contributed by atoms with Gasteiger partial charge in [-0.2, -0.15) is 13.2 Å². The van der Waals surface area contributed by atoms with Gasteiger partial charge < -0.3 is 20.4 Å². The molecule has 1 fully saturated rings. The molecule has 2 aromatic heterocycles. The first-order valence-electron chi connectivity index (χ1n) is 14.2. The lowest BCUT2D eigenvalue weighted by molar-refractivity contribution is -0.127. The van der Waals surface area contributed by atoms with Gasteiger partial charge in [-0.25, -0.2) is 9.97 Å². The highest BCUT2D eigenvalue weighted by Crippen LogP contribution is 2.30. The summed E-state index contributed by atoms with van der Waals surface area (Å²) in [5.41, 5.74) is 3.63. The zero-order valence-electron chi connectivity index (χ0n) is 24.1. The van der Waals surface area contributed by atoms with E-state index in [2.05, 4.69) is 31.7 Å². The number of piperidine rings is 1. The van der Waals surface area contributed by atoms with Crippen molar-refractivity contribution in [1.82, 2.24) is 19.8 Å². The van der Waals surface area contributed by atoms with E-state index in [4.69, 9.17) is 0 Å². The van der Waals surface area contributed by atoms with Crippen LogP contribution in [0.15, 0.2) is 70.5 Å². The van der Waals surface area contributed by atoms with Crippen molar-refractivity contribution in [1.29, 1.82) is 0 Å². The van der Waals surface area contributed by atoms with Crippen LogP contribution in [-0.2, 0) is 4.79 Å². The first-order chi connectivity index (χ1) is 20.1. The SMILES string of the molecule is Cc1cc(NC2=NCCC(C(F)(F)F)=C2)nc(-c2ccc(NC3CCN(C(=O)C4=C(N(C)C)CCC=C4)CC3)nc2)c1. The van der Waals surface area contributed by atoms with Crippen molar-refractivity contribution in [2.75, 3.05) is 44.4 Å². The molecule has 11 heteroatoms. The van der Waals surface area contributed by atoms with E-state index in [-0.39, 0.29) is 30.8 Å². The maximum absolute atomic E-state index is 13.2. The van der Waals surface area contributed by atoms with E-state index in [9.17, 15) is 18.0 Å². The van der Waals surface area contributed by atoms with Crippen LogP contribution in [0.4, 0.5) is 24.8 Å². The van der Waals surface area contributed by atoms with Crippen molar-refractivity contribution in [3.63, 3.8) is 0 Å². The highest BCUT2D eigenvalue weighted by atomic mass is 19.4. The van der Waals surface area contributed by atoms with Crippen LogP contribution in [0.1, 0.15) is 37.7 Å². The fraction of sp³-hybridized carbons (Fsp3) is 0.419. The molecular formula is C31H36F3N7O. The number of anilines is 2. The lowest BCUT2D eigenvalue weighted by Gasteiger charge is -2.34. The van der Waals surface area contributed by atoms with Gasteiger partial charge in [0.05, 0.1) is 11.3 Å². The summed E-state index contributed by atoms with van der Waals surface area (Å²) in [6.07, 6.45) is 5.81. The number of likely N-dealkylation sites (tertiary alicyclic amines) is 1. The van der Waals surface area contributed by atoms with E-state index in [0.29, 0.717) is 24.6 Å². The molecule has 0 saturated carbocycles. The fourth-order valence-corrected chi connectivity index (χ4v) is 5.44. The van der Waals surface area contributed by atoms with Gasteiger partial charge in [0.15, 0.2) is 0 Å². The first kappa shape index (κ1) is 29.3.